The molecule has 0 aliphatic rings. The van der Waals surface area contributed by atoms with Crippen molar-refractivity contribution < 1.29 is 9.18 Å². The van der Waals surface area contributed by atoms with Crippen molar-refractivity contribution in [2.75, 3.05) is 6.54 Å². The summed E-state index contributed by atoms with van der Waals surface area (Å²) in [5.74, 6) is -0.624. The normalized spacial score (nSPS) is 11.5. The van der Waals surface area contributed by atoms with Gasteiger partial charge >= 0.3 is 0 Å². The molecule has 0 radical (unpaired) electrons. The lowest BCUT2D eigenvalue weighted by Gasteiger charge is -2.21. The van der Waals surface area contributed by atoms with Gasteiger partial charge < -0.3 is 11.1 Å². The molecule has 0 aliphatic carbocycles. The molecule has 3 N–H and O–H groups in total. The molecular weight excluding hydrogens is 287 g/mol. The van der Waals surface area contributed by atoms with Crippen LogP contribution in [-0.2, 0) is 11.3 Å². The number of rotatable bonds is 5. The van der Waals surface area contributed by atoms with Crippen molar-refractivity contribution in [1.82, 2.24) is 5.32 Å². The molecule has 0 atom stereocenters. The van der Waals surface area contributed by atoms with E-state index in [1.807, 2.05) is 0 Å². The Kier molecular flexibility index (Phi) is 4.65. The Hall–Kier alpha value is -0.940. The number of nitrogens with two attached hydrogens (primary N) is 1. The SMILES string of the molecule is CC(C)(CNCc1ccc(F)cc1Br)C(N)=O. The maximum absolute atomic E-state index is 12.9. The third-order valence-corrected chi connectivity index (χ3v) is 3.30. The Bertz CT molecular complexity index is 421. The third kappa shape index (κ3) is 4.09. The van der Waals surface area contributed by atoms with E-state index in [-0.39, 0.29) is 11.7 Å². The van der Waals surface area contributed by atoms with E-state index in [2.05, 4.69) is 21.2 Å². The van der Waals surface area contributed by atoms with Crippen molar-refractivity contribution in [1.29, 1.82) is 0 Å². The van der Waals surface area contributed by atoms with Crippen LogP contribution in [0.5, 0.6) is 0 Å². The van der Waals surface area contributed by atoms with Gasteiger partial charge in [-0.15, -0.1) is 0 Å². The Labute approximate surface area is 109 Å². The molecule has 5 heteroatoms. The third-order valence-electron chi connectivity index (χ3n) is 2.56. The first-order valence-corrected chi connectivity index (χ1v) is 6.07. The van der Waals surface area contributed by atoms with E-state index in [4.69, 9.17) is 5.73 Å². The molecule has 0 fully saturated rings. The molecule has 1 aromatic carbocycles. The number of amides is 1. The lowest BCUT2D eigenvalue weighted by molar-refractivity contribution is -0.125. The van der Waals surface area contributed by atoms with Crippen molar-refractivity contribution in [3.63, 3.8) is 0 Å². The first-order chi connectivity index (χ1) is 7.83. The van der Waals surface area contributed by atoms with Crippen LogP contribution in [0.1, 0.15) is 19.4 Å². The minimum atomic E-state index is -0.591. The highest BCUT2D eigenvalue weighted by Gasteiger charge is 2.24. The van der Waals surface area contributed by atoms with Crippen LogP contribution >= 0.6 is 15.9 Å². The second-order valence-corrected chi connectivity index (χ2v) is 5.44. The van der Waals surface area contributed by atoms with Gasteiger partial charge in [0.1, 0.15) is 5.82 Å². The Morgan fingerprint density at radius 3 is 2.71 bits per heavy atom. The lowest BCUT2D eigenvalue weighted by Crippen LogP contribution is -2.40. The highest BCUT2D eigenvalue weighted by atomic mass is 79.9. The molecule has 1 rings (SSSR count). The summed E-state index contributed by atoms with van der Waals surface area (Å²) in [6.07, 6.45) is 0. The molecule has 1 aromatic rings. The number of primary amides is 1. The average Bonchev–Trinajstić information content (AvgIpc) is 2.21. The summed E-state index contributed by atoms with van der Waals surface area (Å²) in [4.78, 5) is 11.1. The summed E-state index contributed by atoms with van der Waals surface area (Å²) in [6, 6.07) is 4.51. The van der Waals surface area contributed by atoms with Gasteiger partial charge in [-0.05, 0) is 31.5 Å². The standard InChI is InChI=1S/C12H16BrFN2O/c1-12(2,11(15)17)7-16-6-8-3-4-9(14)5-10(8)13/h3-5,16H,6-7H2,1-2H3,(H2,15,17). The van der Waals surface area contributed by atoms with E-state index in [1.165, 1.54) is 12.1 Å². The van der Waals surface area contributed by atoms with Crippen LogP contribution in [0.3, 0.4) is 0 Å². The van der Waals surface area contributed by atoms with Gasteiger partial charge in [0.25, 0.3) is 0 Å². The molecule has 0 heterocycles. The average molecular weight is 303 g/mol. The van der Waals surface area contributed by atoms with E-state index in [1.54, 1.807) is 19.9 Å². The van der Waals surface area contributed by atoms with Crippen molar-refractivity contribution in [3.8, 4) is 0 Å². The van der Waals surface area contributed by atoms with Crippen LogP contribution in [0.2, 0.25) is 0 Å². The fourth-order valence-corrected chi connectivity index (χ4v) is 1.75. The van der Waals surface area contributed by atoms with E-state index >= 15 is 0 Å². The molecule has 1 amide bonds. The number of benzene rings is 1. The van der Waals surface area contributed by atoms with Gasteiger partial charge in [0.2, 0.25) is 5.91 Å². The molecule has 94 valence electrons. The molecule has 3 nitrogen and oxygen atoms in total. The highest BCUT2D eigenvalue weighted by Crippen LogP contribution is 2.18. The number of hydrogen-bond donors (Lipinski definition) is 2. The number of hydrogen-bond acceptors (Lipinski definition) is 2. The largest absolute Gasteiger partial charge is 0.369 e. The van der Waals surface area contributed by atoms with Crippen molar-refractivity contribution >= 4 is 21.8 Å². The maximum Gasteiger partial charge on any atom is 0.224 e. The predicted molar refractivity (Wildman–Crippen MR) is 68.8 cm³/mol. The summed E-state index contributed by atoms with van der Waals surface area (Å²) < 4.78 is 13.6. The van der Waals surface area contributed by atoms with Gasteiger partial charge in [0.05, 0.1) is 5.41 Å². The fourth-order valence-electron chi connectivity index (χ4n) is 1.26. The zero-order valence-corrected chi connectivity index (χ0v) is 11.5. The first kappa shape index (κ1) is 14.1. The molecule has 17 heavy (non-hydrogen) atoms. The first-order valence-electron chi connectivity index (χ1n) is 5.27. The zero-order valence-electron chi connectivity index (χ0n) is 9.89. The molecule has 0 unspecified atom stereocenters. The summed E-state index contributed by atoms with van der Waals surface area (Å²) in [7, 11) is 0. The van der Waals surface area contributed by atoms with Gasteiger partial charge in [-0.1, -0.05) is 22.0 Å². The zero-order chi connectivity index (χ0) is 13.1. The maximum atomic E-state index is 12.9. The van der Waals surface area contributed by atoms with E-state index in [0.29, 0.717) is 17.6 Å². The van der Waals surface area contributed by atoms with Gasteiger partial charge in [0, 0.05) is 17.6 Å². The second-order valence-electron chi connectivity index (χ2n) is 4.59. The highest BCUT2D eigenvalue weighted by molar-refractivity contribution is 9.10. The van der Waals surface area contributed by atoms with Crippen LogP contribution in [0.15, 0.2) is 22.7 Å². The molecule has 0 aromatic heterocycles. The number of nitrogens with one attached hydrogen (secondary N) is 1. The van der Waals surface area contributed by atoms with E-state index < -0.39 is 5.41 Å². The van der Waals surface area contributed by atoms with Crippen molar-refractivity contribution in [3.05, 3.63) is 34.1 Å². The molecule has 0 bridgehead atoms. The number of carbonyl (C=O) groups excluding carboxylic acids is 1. The van der Waals surface area contributed by atoms with Crippen LogP contribution < -0.4 is 11.1 Å². The summed E-state index contributed by atoms with van der Waals surface area (Å²) in [5, 5.41) is 3.13. The molecular formula is C12H16BrFN2O. The molecule has 0 spiro atoms. The minimum Gasteiger partial charge on any atom is -0.369 e. The summed E-state index contributed by atoms with van der Waals surface area (Å²) in [5.41, 5.74) is 5.61. The monoisotopic (exact) mass is 302 g/mol. The van der Waals surface area contributed by atoms with Gasteiger partial charge in [-0.3, -0.25) is 4.79 Å². The van der Waals surface area contributed by atoms with E-state index in [9.17, 15) is 9.18 Å². The summed E-state index contributed by atoms with van der Waals surface area (Å²) in [6.45, 7) is 4.59. The van der Waals surface area contributed by atoms with Crippen LogP contribution in [0.25, 0.3) is 0 Å². The fraction of sp³-hybridized carbons (Fsp3) is 0.417. The predicted octanol–water partition coefficient (Wildman–Crippen LogP) is 2.19. The molecule has 0 aliphatic heterocycles. The lowest BCUT2D eigenvalue weighted by atomic mass is 9.93. The van der Waals surface area contributed by atoms with Crippen LogP contribution in [0.4, 0.5) is 4.39 Å². The Morgan fingerprint density at radius 2 is 2.18 bits per heavy atom. The van der Waals surface area contributed by atoms with Crippen LogP contribution in [0, 0.1) is 11.2 Å². The number of halogens is 2. The smallest absolute Gasteiger partial charge is 0.224 e. The van der Waals surface area contributed by atoms with E-state index in [0.717, 1.165) is 5.56 Å². The topological polar surface area (TPSA) is 55.1 Å². The molecule has 0 saturated heterocycles. The number of carbonyl (C=O) groups is 1. The van der Waals surface area contributed by atoms with Gasteiger partial charge in [0.15, 0.2) is 0 Å². The van der Waals surface area contributed by atoms with Crippen LogP contribution in [-0.4, -0.2) is 12.5 Å². The molecule has 0 saturated carbocycles. The van der Waals surface area contributed by atoms with Gasteiger partial charge in [-0.2, -0.15) is 0 Å². The van der Waals surface area contributed by atoms with Gasteiger partial charge in [-0.25, -0.2) is 4.39 Å². The summed E-state index contributed by atoms with van der Waals surface area (Å²) >= 11 is 3.29. The van der Waals surface area contributed by atoms with Crippen molar-refractivity contribution in [2.24, 2.45) is 11.1 Å². The Balaban J connectivity index is 2.54. The van der Waals surface area contributed by atoms with Crippen molar-refractivity contribution in [2.45, 2.75) is 20.4 Å². The second kappa shape index (κ2) is 5.60. The minimum absolute atomic E-state index is 0.280. The quantitative estimate of drug-likeness (QED) is 0.876. The Morgan fingerprint density at radius 1 is 1.53 bits per heavy atom.